The predicted molar refractivity (Wildman–Crippen MR) is 49.1 cm³/mol. The van der Waals surface area contributed by atoms with Crippen LogP contribution in [-0.2, 0) is 0 Å². The van der Waals surface area contributed by atoms with Crippen molar-refractivity contribution in [2.45, 2.75) is 12.8 Å². The SMILES string of the molecule is CCNCC(F)(F)CN1CC=CC1. The molecule has 0 radical (unpaired) electrons. The maximum atomic E-state index is 13.1. The van der Waals surface area contributed by atoms with E-state index in [9.17, 15) is 8.78 Å². The van der Waals surface area contributed by atoms with Gasteiger partial charge in [0.15, 0.2) is 0 Å². The normalized spacial score (nSPS) is 18.4. The fraction of sp³-hybridized carbons (Fsp3) is 0.778. The highest BCUT2D eigenvalue weighted by molar-refractivity contribution is 4.96. The Balaban J connectivity index is 2.24. The molecule has 0 aromatic rings. The number of nitrogens with one attached hydrogen (secondary N) is 1. The molecule has 0 aliphatic carbocycles. The van der Waals surface area contributed by atoms with E-state index in [0.717, 1.165) is 0 Å². The van der Waals surface area contributed by atoms with Crippen LogP contribution in [0.5, 0.6) is 0 Å². The summed E-state index contributed by atoms with van der Waals surface area (Å²) in [6.45, 7) is 3.36. The second-order valence-electron chi connectivity index (χ2n) is 3.30. The smallest absolute Gasteiger partial charge is 0.272 e. The van der Waals surface area contributed by atoms with Crippen LogP contribution in [0, 0.1) is 0 Å². The molecule has 0 spiro atoms. The van der Waals surface area contributed by atoms with Crippen LogP contribution in [0.1, 0.15) is 6.92 Å². The molecule has 2 nitrogen and oxygen atoms in total. The van der Waals surface area contributed by atoms with Gasteiger partial charge in [-0.1, -0.05) is 19.1 Å². The van der Waals surface area contributed by atoms with Gasteiger partial charge < -0.3 is 5.32 Å². The number of hydrogen-bond acceptors (Lipinski definition) is 2. The summed E-state index contributed by atoms with van der Waals surface area (Å²) in [7, 11) is 0. The lowest BCUT2D eigenvalue weighted by Crippen LogP contribution is -2.42. The third-order valence-corrected chi connectivity index (χ3v) is 1.98. The van der Waals surface area contributed by atoms with Crippen molar-refractivity contribution in [2.24, 2.45) is 0 Å². The van der Waals surface area contributed by atoms with Gasteiger partial charge in [-0.25, -0.2) is 8.78 Å². The van der Waals surface area contributed by atoms with Gasteiger partial charge in [0.05, 0.1) is 13.1 Å². The Morgan fingerprint density at radius 3 is 2.54 bits per heavy atom. The third kappa shape index (κ3) is 3.83. The van der Waals surface area contributed by atoms with E-state index in [4.69, 9.17) is 0 Å². The largest absolute Gasteiger partial charge is 0.311 e. The molecule has 0 atom stereocenters. The molecule has 76 valence electrons. The minimum atomic E-state index is -2.61. The Bertz CT molecular complexity index is 172. The Morgan fingerprint density at radius 2 is 2.00 bits per heavy atom. The average Bonchev–Trinajstić information content (AvgIpc) is 2.52. The van der Waals surface area contributed by atoms with Gasteiger partial charge in [0.25, 0.3) is 5.92 Å². The van der Waals surface area contributed by atoms with Crippen molar-refractivity contribution < 1.29 is 8.78 Å². The molecule has 1 heterocycles. The van der Waals surface area contributed by atoms with Gasteiger partial charge in [0.2, 0.25) is 0 Å². The maximum absolute atomic E-state index is 13.1. The molecule has 0 saturated heterocycles. The number of halogens is 2. The molecule has 0 unspecified atom stereocenters. The maximum Gasteiger partial charge on any atom is 0.272 e. The summed E-state index contributed by atoms with van der Waals surface area (Å²) in [5.41, 5.74) is 0. The van der Waals surface area contributed by atoms with E-state index in [1.807, 2.05) is 19.1 Å². The Labute approximate surface area is 77.6 Å². The molecule has 1 rings (SSSR count). The van der Waals surface area contributed by atoms with Crippen molar-refractivity contribution in [3.63, 3.8) is 0 Å². The first-order valence-corrected chi connectivity index (χ1v) is 4.60. The second-order valence-corrected chi connectivity index (χ2v) is 3.30. The molecule has 1 N–H and O–H groups in total. The van der Waals surface area contributed by atoms with Crippen LogP contribution in [-0.4, -0.2) is 43.5 Å². The summed E-state index contributed by atoms with van der Waals surface area (Å²) in [5.74, 6) is -2.61. The molecule has 1 aliphatic heterocycles. The van der Waals surface area contributed by atoms with Crippen LogP contribution in [0.15, 0.2) is 12.2 Å². The van der Waals surface area contributed by atoms with E-state index in [2.05, 4.69) is 5.32 Å². The molecule has 0 amide bonds. The van der Waals surface area contributed by atoms with Crippen molar-refractivity contribution in [3.05, 3.63) is 12.2 Å². The van der Waals surface area contributed by atoms with Gasteiger partial charge in [-0.05, 0) is 6.54 Å². The highest BCUT2D eigenvalue weighted by atomic mass is 19.3. The van der Waals surface area contributed by atoms with Gasteiger partial charge >= 0.3 is 0 Å². The first kappa shape index (κ1) is 10.6. The first-order valence-electron chi connectivity index (χ1n) is 4.60. The van der Waals surface area contributed by atoms with Crippen LogP contribution >= 0.6 is 0 Å². The van der Waals surface area contributed by atoms with Gasteiger partial charge in [0, 0.05) is 13.1 Å². The van der Waals surface area contributed by atoms with Crippen LogP contribution in [0.4, 0.5) is 8.78 Å². The van der Waals surface area contributed by atoms with Crippen molar-refractivity contribution >= 4 is 0 Å². The van der Waals surface area contributed by atoms with Crippen LogP contribution in [0.3, 0.4) is 0 Å². The molecular formula is C9H16F2N2. The average molecular weight is 190 g/mol. The highest BCUT2D eigenvalue weighted by Crippen LogP contribution is 2.15. The predicted octanol–water partition coefficient (Wildman–Crippen LogP) is 1.10. The number of nitrogens with zero attached hydrogens (tertiary/aromatic N) is 1. The van der Waals surface area contributed by atoms with E-state index in [-0.39, 0.29) is 13.1 Å². The van der Waals surface area contributed by atoms with Gasteiger partial charge in [-0.3, -0.25) is 4.90 Å². The lowest BCUT2D eigenvalue weighted by atomic mass is 10.3. The highest BCUT2D eigenvalue weighted by Gasteiger charge is 2.30. The van der Waals surface area contributed by atoms with Crippen molar-refractivity contribution in [1.82, 2.24) is 10.2 Å². The zero-order chi connectivity index (χ0) is 9.73. The minimum absolute atomic E-state index is 0.146. The minimum Gasteiger partial charge on any atom is -0.311 e. The summed E-state index contributed by atoms with van der Waals surface area (Å²) in [4.78, 5) is 1.73. The Morgan fingerprint density at radius 1 is 1.38 bits per heavy atom. The standard InChI is InChI=1S/C9H16F2N2/c1-2-12-7-9(10,11)8-13-5-3-4-6-13/h3-4,12H,2,5-8H2,1H3. The van der Waals surface area contributed by atoms with Crippen LogP contribution in [0.2, 0.25) is 0 Å². The molecule has 0 bridgehead atoms. The van der Waals surface area contributed by atoms with E-state index in [1.54, 1.807) is 4.90 Å². The van der Waals surface area contributed by atoms with E-state index >= 15 is 0 Å². The van der Waals surface area contributed by atoms with Crippen LogP contribution < -0.4 is 5.32 Å². The topological polar surface area (TPSA) is 15.3 Å². The van der Waals surface area contributed by atoms with E-state index < -0.39 is 5.92 Å². The lowest BCUT2D eigenvalue weighted by molar-refractivity contribution is -0.0238. The molecule has 0 fully saturated rings. The molecular weight excluding hydrogens is 174 g/mol. The van der Waals surface area contributed by atoms with Gasteiger partial charge in [-0.15, -0.1) is 0 Å². The van der Waals surface area contributed by atoms with Crippen LogP contribution in [0.25, 0.3) is 0 Å². The van der Waals surface area contributed by atoms with Gasteiger partial charge in [0.1, 0.15) is 0 Å². The molecule has 0 aromatic heterocycles. The van der Waals surface area contributed by atoms with Crippen molar-refractivity contribution in [2.75, 3.05) is 32.7 Å². The van der Waals surface area contributed by atoms with E-state index in [0.29, 0.717) is 19.6 Å². The van der Waals surface area contributed by atoms with Crippen molar-refractivity contribution in [3.8, 4) is 0 Å². The monoisotopic (exact) mass is 190 g/mol. The summed E-state index contributed by atoms with van der Waals surface area (Å²) in [6, 6.07) is 0. The third-order valence-electron chi connectivity index (χ3n) is 1.98. The zero-order valence-corrected chi connectivity index (χ0v) is 7.89. The summed E-state index contributed by atoms with van der Waals surface area (Å²) >= 11 is 0. The first-order chi connectivity index (χ1) is 6.14. The molecule has 0 saturated carbocycles. The fourth-order valence-corrected chi connectivity index (χ4v) is 1.34. The van der Waals surface area contributed by atoms with Crippen molar-refractivity contribution in [1.29, 1.82) is 0 Å². The quantitative estimate of drug-likeness (QED) is 0.653. The summed E-state index contributed by atoms with van der Waals surface area (Å²) in [6.07, 6.45) is 3.84. The molecule has 1 aliphatic rings. The Hall–Kier alpha value is -0.480. The summed E-state index contributed by atoms with van der Waals surface area (Å²) < 4.78 is 26.3. The Kier molecular flexibility index (Phi) is 3.81. The fourth-order valence-electron chi connectivity index (χ4n) is 1.34. The molecule has 0 aromatic carbocycles. The lowest BCUT2D eigenvalue weighted by Gasteiger charge is -2.23. The number of rotatable bonds is 5. The number of alkyl halides is 2. The van der Waals surface area contributed by atoms with E-state index in [1.165, 1.54) is 0 Å². The van der Waals surface area contributed by atoms with Gasteiger partial charge in [-0.2, -0.15) is 0 Å². The number of hydrogen-bond donors (Lipinski definition) is 1. The second kappa shape index (κ2) is 4.67. The molecule has 4 heteroatoms. The molecule has 13 heavy (non-hydrogen) atoms. The summed E-state index contributed by atoms with van der Waals surface area (Å²) in [5, 5.41) is 2.67. The zero-order valence-electron chi connectivity index (χ0n) is 7.89.